The molecule has 1 saturated heterocycles. The van der Waals surface area contributed by atoms with Gasteiger partial charge in [-0.1, -0.05) is 13.8 Å². The number of hydrogen-bond acceptors (Lipinski definition) is 3. The highest BCUT2D eigenvalue weighted by Crippen LogP contribution is 2.17. The van der Waals surface area contributed by atoms with E-state index >= 15 is 0 Å². The highest BCUT2D eigenvalue weighted by atomic mass is 16.5. The van der Waals surface area contributed by atoms with Crippen molar-refractivity contribution in [1.29, 1.82) is 0 Å². The summed E-state index contributed by atoms with van der Waals surface area (Å²) in [5, 5.41) is 3.46. The summed E-state index contributed by atoms with van der Waals surface area (Å²) in [5.74, 6) is 0. The van der Waals surface area contributed by atoms with Crippen molar-refractivity contribution in [1.82, 2.24) is 10.2 Å². The van der Waals surface area contributed by atoms with Crippen molar-refractivity contribution in [3.63, 3.8) is 0 Å². The van der Waals surface area contributed by atoms with Gasteiger partial charge in [0.25, 0.3) is 0 Å². The van der Waals surface area contributed by atoms with Crippen LogP contribution in [0.2, 0.25) is 0 Å². The van der Waals surface area contributed by atoms with Crippen LogP contribution in [-0.4, -0.2) is 50.8 Å². The molecule has 0 bridgehead atoms. The van der Waals surface area contributed by atoms with Gasteiger partial charge in [0.2, 0.25) is 0 Å². The van der Waals surface area contributed by atoms with Crippen molar-refractivity contribution in [3.05, 3.63) is 0 Å². The van der Waals surface area contributed by atoms with Crippen molar-refractivity contribution in [2.45, 2.75) is 26.8 Å². The third-order valence-corrected chi connectivity index (χ3v) is 2.64. The van der Waals surface area contributed by atoms with Crippen LogP contribution >= 0.6 is 0 Å². The molecular weight excluding hydrogens is 176 g/mol. The number of hydrogen-bond donors (Lipinski definition) is 1. The second-order valence-corrected chi connectivity index (χ2v) is 5.19. The Bertz CT molecular complexity index is 171. The number of rotatable bonds is 4. The topological polar surface area (TPSA) is 24.5 Å². The maximum absolute atomic E-state index is 5.23. The fourth-order valence-corrected chi connectivity index (χ4v) is 2.20. The minimum Gasteiger partial charge on any atom is -0.384 e. The molecule has 0 radical (unpaired) electrons. The second-order valence-electron chi connectivity index (χ2n) is 5.19. The molecule has 0 aromatic carbocycles. The SMILES string of the molecule is COCC(C)(C)CN1CCN[C@@H](C)C1. The average molecular weight is 200 g/mol. The van der Waals surface area contributed by atoms with E-state index in [1.54, 1.807) is 7.11 Å². The second kappa shape index (κ2) is 5.10. The monoisotopic (exact) mass is 200 g/mol. The molecule has 0 saturated carbocycles. The van der Waals surface area contributed by atoms with E-state index in [0.717, 1.165) is 32.8 Å². The highest BCUT2D eigenvalue weighted by molar-refractivity contribution is 4.80. The van der Waals surface area contributed by atoms with E-state index in [1.807, 2.05) is 0 Å². The lowest BCUT2D eigenvalue weighted by molar-refractivity contribution is 0.0605. The van der Waals surface area contributed by atoms with E-state index in [0.29, 0.717) is 6.04 Å². The number of ether oxygens (including phenoxy) is 1. The lowest BCUT2D eigenvalue weighted by Crippen LogP contribution is -2.52. The summed E-state index contributed by atoms with van der Waals surface area (Å²) < 4.78 is 5.23. The number of nitrogens with zero attached hydrogens (tertiary/aromatic N) is 1. The van der Waals surface area contributed by atoms with Gasteiger partial charge in [-0.3, -0.25) is 4.90 Å². The van der Waals surface area contributed by atoms with Crippen molar-refractivity contribution >= 4 is 0 Å². The van der Waals surface area contributed by atoms with Gasteiger partial charge in [0.15, 0.2) is 0 Å². The third kappa shape index (κ3) is 3.95. The molecule has 1 N–H and O–H groups in total. The largest absolute Gasteiger partial charge is 0.384 e. The first-order valence-corrected chi connectivity index (χ1v) is 5.48. The van der Waals surface area contributed by atoms with Crippen LogP contribution < -0.4 is 5.32 Å². The third-order valence-electron chi connectivity index (χ3n) is 2.64. The van der Waals surface area contributed by atoms with Gasteiger partial charge in [0, 0.05) is 44.7 Å². The Balaban J connectivity index is 2.34. The summed E-state index contributed by atoms with van der Waals surface area (Å²) in [6, 6.07) is 0.627. The van der Waals surface area contributed by atoms with Gasteiger partial charge in [-0.15, -0.1) is 0 Å². The molecule has 1 heterocycles. The van der Waals surface area contributed by atoms with Crippen molar-refractivity contribution in [2.24, 2.45) is 5.41 Å². The summed E-state index contributed by atoms with van der Waals surface area (Å²) in [6.45, 7) is 12.2. The van der Waals surface area contributed by atoms with Gasteiger partial charge in [-0.2, -0.15) is 0 Å². The molecule has 0 aliphatic carbocycles. The van der Waals surface area contributed by atoms with Crippen molar-refractivity contribution in [3.8, 4) is 0 Å². The normalized spacial score (nSPS) is 25.3. The Labute approximate surface area is 87.8 Å². The van der Waals surface area contributed by atoms with Gasteiger partial charge < -0.3 is 10.1 Å². The lowest BCUT2D eigenvalue weighted by atomic mass is 9.93. The molecule has 84 valence electrons. The molecule has 1 rings (SSSR count). The minimum atomic E-state index is 0.270. The van der Waals surface area contributed by atoms with E-state index in [9.17, 15) is 0 Å². The van der Waals surface area contributed by atoms with E-state index in [4.69, 9.17) is 4.74 Å². The fourth-order valence-electron chi connectivity index (χ4n) is 2.20. The van der Waals surface area contributed by atoms with E-state index in [1.165, 1.54) is 0 Å². The molecule has 1 atom stereocenters. The highest BCUT2D eigenvalue weighted by Gasteiger charge is 2.24. The zero-order valence-corrected chi connectivity index (χ0v) is 9.97. The Morgan fingerprint density at radius 2 is 2.21 bits per heavy atom. The van der Waals surface area contributed by atoms with Crippen LogP contribution in [0.15, 0.2) is 0 Å². The standard InChI is InChI=1S/C11H24N2O/c1-10-7-13(6-5-12-10)8-11(2,3)9-14-4/h10,12H,5-9H2,1-4H3/t10-/m0/s1. The molecule has 0 spiro atoms. The molecule has 14 heavy (non-hydrogen) atoms. The quantitative estimate of drug-likeness (QED) is 0.731. The molecule has 1 aliphatic heterocycles. The maximum Gasteiger partial charge on any atom is 0.0525 e. The molecule has 1 fully saturated rings. The predicted octanol–water partition coefficient (Wildman–Crippen LogP) is 0.953. The van der Waals surface area contributed by atoms with Crippen molar-refractivity contribution in [2.75, 3.05) is 39.9 Å². The Hall–Kier alpha value is -0.120. The first-order valence-electron chi connectivity index (χ1n) is 5.48. The molecular formula is C11H24N2O. The molecule has 0 aromatic heterocycles. The summed E-state index contributed by atoms with van der Waals surface area (Å²) in [4.78, 5) is 2.53. The average Bonchev–Trinajstić information content (AvgIpc) is 2.02. The number of piperazine rings is 1. The van der Waals surface area contributed by atoms with Crippen LogP contribution in [0.1, 0.15) is 20.8 Å². The van der Waals surface area contributed by atoms with Crippen LogP contribution in [-0.2, 0) is 4.74 Å². The van der Waals surface area contributed by atoms with Crippen LogP contribution in [0.5, 0.6) is 0 Å². The van der Waals surface area contributed by atoms with Crippen molar-refractivity contribution < 1.29 is 4.74 Å². The minimum absolute atomic E-state index is 0.270. The molecule has 3 heteroatoms. The summed E-state index contributed by atoms with van der Waals surface area (Å²) in [7, 11) is 1.78. The van der Waals surface area contributed by atoms with Crippen LogP contribution in [0.25, 0.3) is 0 Å². The maximum atomic E-state index is 5.23. The smallest absolute Gasteiger partial charge is 0.0525 e. The molecule has 3 nitrogen and oxygen atoms in total. The summed E-state index contributed by atoms with van der Waals surface area (Å²) in [5.41, 5.74) is 0.270. The molecule has 0 aromatic rings. The van der Waals surface area contributed by atoms with Crippen LogP contribution in [0, 0.1) is 5.41 Å². The van der Waals surface area contributed by atoms with E-state index < -0.39 is 0 Å². The van der Waals surface area contributed by atoms with E-state index in [2.05, 4.69) is 31.0 Å². The van der Waals surface area contributed by atoms with Gasteiger partial charge in [0.05, 0.1) is 6.61 Å². The van der Waals surface area contributed by atoms with Gasteiger partial charge in [-0.05, 0) is 6.92 Å². The van der Waals surface area contributed by atoms with Gasteiger partial charge >= 0.3 is 0 Å². The zero-order chi connectivity index (χ0) is 10.6. The molecule has 0 unspecified atom stereocenters. The van der Waals surface area contributed by atoms with Crippen LogP contribution in [0.4, 0.5) is 0 Å². The Kier molecular flexibility index (Phi) is 4.35. The number of methoxy groups -OCH3 is 1. The van der Waals surface area contributed by atoms with Crippen LogP contribution in [0.3, 0.4) is 0 Å². The lowest BCUT2D eigenvalue weighted by Gasteiger charge is -2.37. The number of nitrogens with one attached hydrogen (secondary N) is 1. The zero-order valence-electron chi connectivity index (χ0n) is 9.97. The first-order chi connectivity index (χ1) is 6.53. The Morgan fingerprint density at radius 3 is 2.79 bits per heavy atom. The van der Waals surface area contributed by atoms with Gasteiger partial charge in [-0.25, -0.2) is 0 Å². The predicted molar refractivity (Wildman–Crippen MR) is 59.6 cm³/mol. The Morgan fingerprint density at radius 1 is 1.50 bits per heavy atom. The summed E-state index contributed by atoms with van der Waals surface area (Å²) >= 11 is 0. The first kappa shape index (κ1) is 12.0. The molecule has 0 amide bonds. The summed E-state index contributed by atoms with van der Waals surface area (Å²) in [6.07, 6.45) is 0. The van der Waals surface area contributed by atoms with Gasteiger partial charge in [0.1, 0.15) is 0 Å². The molecule has 1 aliphatic rings. The van der Waals surface area contributed by atoms with E-state index in [-0.39, 0.29) is 5.41 Å². The fraction of sp³-hybridized carbons (Fsp3) is 1.00.